The molecule has 0 atom stereocenters. The van der Waals surface area contributed by atoms with Gasteiger partial charge in [-0.15, -0.1) is 0 Å². The highest BCUT2D eigenvalue weighted by atomic mass is 15.3. The minimum atomic E-state index is 0.766. The molecule has 3 heteroatoms. The third kappa shape index (κ3) is 8.95. The molecule has 0 spiro atoms. The topological polar surface area (TPSA) is 19.4 Å². The molecule has 2 rings (SSSR count). The van der Waals surface area contributed by atoms with Gasteiger partial charge in [-0.25, -0.2) is 0 Å². The second-order valence-electron chi connectivity index (χ2n) is 6.25. The first-order valence-electron chi connectivity index (χ1n) is 9.52. The molecule has 0 aliphatic carbocycles. The molecule has 23 heavy (non-hydrogen) atoms. The normalized spacial score (nSPS) is 14.7. The van der Waals surface area contributed by atoms with Crippen LogP contribution in [-0.4, -0.2) is 42.6 Å². The molecule has 134 valence electrons. The van der Waals surface area contributed by atoms with Gasteiger partial charge >= 0.3 is 0 Å². The number of pyridine rings is 1. The standard InChI is InChI=1S/C15H25N3.C3H8.C2H6/c1-4-14-5-6-15(11-16-14)18-9-7-17(8-10-18)12-13(2)3;1-3-2;1-2/h5-6,11,13H,4,7-10,12H2,1-3H3;3H2,1-2H3;1-2H3. The molecule has 3 nitrogen and oxygen atoms in total. The van der Waals surface area contributed by atoms with Crippen molar-refractivity contribution < 1.29 is 0 Å². The Labute approximate surface area is 145 Å². The van der Waals surface area contributed by atoms with Crippen molar-refractivity contribution in [3.63, 3.8) is 0 Å². The zero-order valence-electron chi connectivity index (χ0n) is 16.6. The summed E-state index contributed by atoms with van der Waals surface area (Å²) in [6.07, 6.45) is 4.29. The van der Waals surface area contributed by atoms with Gasteiger partial charge in [0, 0.05) is 38.4 Å². The van der Waals surface area contributed by atoms with Gasteiger partial charge in [0.2, 0.25) is 0 Å². The summed E-state index contributed by atoms with van der Waals surface area (Å²) >= 11 is 0. The minimum Gasteiger partial charge on any atom is -0.368 e. The van der Waals surface area contributed by atoms with Gasteiger partial charge in [0.1, 0.15) is 0 Å². The largest absolute Gasteiger partial charge is 0.368 e. The van der Waals surface area contributed by atoms with E-state index in [2.05, 4.69) is 61.5 Å². The van der Waals surface area contributed by atoms with Crippen LogP contribution in [-0.2, 0) is 6.42 Å². The summed E-state index contributed by atoms with van der Waals surface area (Å²) in [6, 6.07) is 4.36. The summed E-state index contributed by atoms with van der Waals surface area (Å²) in [5.41, 5.74) is 2.45. The third-order valence-corrected chi connectivity index (χ3v) is 3.53. The zero-order valence-corrected chi connectivity index (χ0v) is 16.6. The molecule has 0 bridgehead atoms. The summed E-state index contributed by atoms with van der Waals surface area (Å²) in [7, 11) is 0. The van der Waals surface area contributed by atoms with Gasteiger partial charge in [-0.3, -0.25) is 9.88 Å². The second-order valence-corrected chi connectivity index (χ2v) is 6.25. The van der Waals surface area contributed by atoms with Gasteiger partial charge in [-0.05, 0) is 24.5 Å². The van der Waals surface area contributed by atoms with Gasteiger partial charge < -0.3 is 4.90 Å². The van der Waals surface area contributed by atoms with Crippen molar-refractivity contribution in [2.45, 2.75) is 61.3 Å². The molecular weight excluding hydrogens is 282 g/mol. The smallest absolute Gasteiger partial charge is 0.0553 e. The lowest BCUT2D eigenvalue weighted by Crippen LogP contribution is -2.47. The number of nitrogens with zero attached hydrogens (tertiary/aromatic N) is 3. The average molecular weight is 322 g/mol. The molecule has 1 fully saturated rings. The van der Waals surface area contributed by atoms with Gasteiger partial charge in [-0.1, -0.05) is 54.9 Å². The maximum absolute atomic E-state index is 4.48. The fraction of sp³-hybridized carbons (Fsp3) is 0.750. The number of aromatic nitrogens is 1. The van der Waals surface area contributed by atoms with E-state index >= 15 is 0 Å². The molecule has 2 heterocycles. The monoisotopic (exact) mass is 321 g/mol. The maximum Gasteiger partial charge on any atom is 0.0553 e. The van der Waals surface area contributed by atoms with E-state index in [0.717, 1.165) is 25.4 Å². The summed E-state index contributed by atoms with van der Waals surface area (Å²) in [5, 5.41) is 0. The van der Waals surface area contributed by atoms with E-state index in [1.54, 1.807) is 0 Å². The van der Waals surface area contributed by atoms with Crippen molar-refractivity contribution in [1.82, 2.24) is 9.88 Å². The second kappa shape index (κ2) is 13.4. The molecule has 0 amide bonds. The molecule has 0 saturated carbocycles. The Morgan fingerprint density at radius 1 is 1.00 bits per heavy atom. The fourth-order valence-corrected chi connectivity index (χ4v) is 2.52. The molecule has 1 aliphatic heterocycles. The Balaban J connectivity index is 0.000000868. The van der Waals surface area contributed by atoms with Crippen LogP contribution in [0.1, 0.15) is 60.6 Å². The number of piperazine rings is 1. The maximum atomic E-state index is 4.48. The van der Waals surface area contributed by atoms with Crippen LogP contribution in [0.25, 0.3) is 0 Å². The highest BCUT2D eigenvalue weighted by molar-refractivity contribution is 5.45. The quantitative estimate of drug-likeness (QED) is 0.789. The fourth-order valence-electron chi connectivity index (χ4n) is 2.52. The van der Waals surface area contributed by atoms with Crippen LogP contribution in [0.3, 0.4) is 0 Å². The van der Waals surface area contributed by atoms with Crippen LogP contribution in [0.4, 0.5) is 5.69 Å². The molecule has 1 aromatic rings. The first-order chi connectivity index (χ1) is 11.1. The van der Waals surface area contributed by atoms with E-state index in [0.29, 0.717) is 0 Å². The molecule has 1 aliphatic rings. The van der Waals surface area contributed by atoms with Crippen molar-refractivity contribution in [2.24, 2.45) is 5.92 Å². The summed E-state index contributed by atoms with van der Waals surface area (Å²) in [5.74, 6) is 0.766. The third-order valence-electron chi connectivity index (χ3n) is 3.53. The Hall–Kier alpha value is -1.09. The lowest BCUT2D eigenvalue weighted by atomic mass is 10.2. The first-order valence-corrected chi connectivity index (χ1v) is 9.52. The lowest BCUT2D eigenvalue weighted by Gasteiger charge is -2.36. The van der Waals surface area contributed by atoms with E-state index in [1.165, 1.54) is 37.4 Å². The number of aryl methyl sites for hydroxylation is 1. The van der Waals surface area contributed by atoms with Crippen LogP contribution in [0.15, 0.2) is 18.3 Å². The van der Waals surface area contributed by atoms with E-state index in [4.69, 9.17) is 0 Å². The highest BCUT2D eigenvalue weighted by Crippen LogP contribution is 2.16. The molecule has 0 unspecified atom stereocenters. The van der Waals surface area contributed by atoms with Crippen molar-refractivity contribution in [1.29, 1.82) is 0 Å². The van der Waals surface area contributed by atoms with E-state index in [-0.39, 0.29) is 0 Å². The predicted molar refractivity (Wildman–Crippen MR) is 104 cm³/mol. The van der Waals surface area contributed by atoms with Gasteiger partial charge in [0.15, 0.2) is 0 Å². The predicted octanol–water partition coefficient (Wildman–Crippen LogP) is 4.86. The Kier molecular flexibility index (Phi) is 12.7. The minimum absolute atomic E-state index is 0.766. The number of hydrogen-bond donors (Lipinski definition) is 0. The van der Waals surface area contributed by atoms with Crippen LogP contribution in [0, 0.1) is 5.92 Å². The van der Waals surface area contributed by atoms with Crippen molar-refractivity contribution >= 4 is 5.69 Å². The molecule has 0 N–H and O–H groups in total. The Bertz CT molecular complexity index is 365. The molecule has 0 aromatic carbocycles. The lowest BCUT2D eigenvalue weighted by molar-refractivity contribution is 0.231. The van der Waals surface area contributed by atoms with E-state index < -0.39 is 0 Å². The summed E-state index contributed by atoms with van der Waals surface area (Å²) < 4.78 is 0. The van der Waals surface area contributed by atoms with E-state index in [9.17, 15) is 0 Å². The number of rotatable bonds is 4. The van der Waals surface area contributed by atoms with Gasteiger partial charge in [0.25, 0.3) is 0 Å². The summed E-state index contributed by atoms with van der Waals surface area (Å²) in [6.45, 7) is 20.8. The molecular formula is C20H39N3. The van der Waals surface area contributed by atoms with Gasteiger partial charge in [-0.2, -0.15) is 0 Å². The van der Waals surface area contributed by atoms with Crippen LogP contribution >= 0.6 is 0 Å². The van der Waals surface area contributed by atoms with Gasteiger partial charge in [0.05, 0.1) is 11.9 Å². The zero-order chi connectivity index (χ0) is 17.7. The average Bonchev–Trinajstić information content (AvgIpc) is 2.58. The van der Waals surface area contributed by atoms with E-state index in [1.807, 2.05) is 20.0 Å². The SMILES string of the molecule is CC.CCC.CCc1ccc(N2CCN(CC(C)C)CC2)cn1. The van der Waals surface area contributed by atoms with Crippen molar-refractivity contribution in [2.75, 3.05) is 37.6 Å². The van der Waals surface area contributed by atoms with Crippen LogP contribution in [0.2, 0.25) is 0 Å². The number of hydrogen-bond acceptors (Lipinski definition) is 3. The van der Waals surface area contributed by atoms with Crippen molar-refractivity contribution in [3.05, 3.63) is 24.0 Å². The van der Waals surface area contributed by atoms with Crippen LogP contribution < -0.4 is 4.90 Å². The van der Waals surface area contributed by atoms with Crippen LogP contribution in [0.5, 0.6) is 0 Å². The Morgan fingerprint density at radius 3 is 1.96 bits per heavy atom. The first kappa shape index (κ1) is 21.9. The summed E-state index contributed by atoms with van der Waals surface area (Å²) in [4.78, 5) is 9.50. The molecule has 0 radical (unpaired) electrons. The highest BCUT2D eigenvalue weighted by Gasteiger charge is 2.17. The molecule has 1 aromatic heterocycles. The Morgan fingerprint density at radius 2 is 1.57 bits per heavy atom. The number of anilines is 1. The van der Waals surface area contributed by atoms with Crippen molar-refractivity contribution in [3.8, 4) is 0 Å². The molecule has 1 saturated heterocycles.